The molecule has 40 heavy (non-hydrogen) atoms. The number of hydrogen-bond acceptors (Lipinski definition) is 6. The number of carbonyl (C=O) groups excluding carboxylic acids is 5. The van der Waals surface area contributed by atoms with Crippen LogP contribution in [0.25, 0.3) is 0 Å². The molecule has 9 nitrogen and oxygen atoms in total. The number of benzene rings is 2. The van der Waals surface area contributed by atoms with Gasteiger partial charge in [0.2, 0.25) is 11.8 Å². The number of piperidine rings is 2. The number of alkyl halides is 3. The molecule has 2 fully saturated rings. The maximum Gasteiger partial charge on any atom is 0.573 e. The van der Waals surface area contributed by atoms with Gasteiger partial charge in [0.25, 0.3) is 17.7 Å². The first-order chi connectivity index (χ1) is 19.0. The Morgan fingerprint density at radius 3 is 2.40 bits per heavy atom. The molecule has 1 unspecified atom stereocenters. The van der Waals surface area contributed by atoms with Crippen molar-refractivity contribution in [3.8, 4) is 5.75 Å². The Bertz CT molecular complexity index is 1380. The van der Waals surface area contributed by atoms with Gasteiger partial charge in [-0.25, -0.2) is 0 Å². The number of nitrogens with zero attached hydrogens (tertiary/aromatic N) is 2. The van der Waals surface area contributed by atoms with Crippen LogP contribution in [0, 0.1) is 5.92 Å². The van der Waals surface area contributed by atoms with Crippen molar-refractivity contribution < 1.29 is 41.9 Å². The highest BCUT2D eigenvalue weighted by Gasteiger charge is 2.45. The van der Waals surface area contributed by atoms with Crippen LogP contribution in [0.4, 0.5) is 13.2 Å². The monoisotopic (exact) mass is 557 g/mol. The van der Waals surface area contributed by atoms with Crippen LogP contribution >= 0.6 is 0 Å². The molecular weight excluding hydrogens is 531 g/mol. The smallest absolute Gasteiger partial charge is 0.406 e. The van der Waals surface area contributed by atoms with Gasteiger partial charge in [-0.15, -0.1) is 13.2 Å². The lowest BCUT2D eigenvalue weighted by Crippen LogP contribution is -2.54. The third-order valence-corrected chi connectivity index (χ3v) is 7.59. The van der Waals surface area contributed by atoms with Gasteiger partial charge < -0.3 is 9.64 Å². The van der Waals surface area contributed by atoms with E-state index in [1.54, 1.807) is 23.1 Å². The fraction of sp³-hybridized carbons (Fsp3) is 0.393. The van der Waals surface area contributed by atoms with E-state index in [0.717, 1.165) is 17.0 Å². The summed E-state index contributed by atoms with van der Waals surface area (Å²) < 4.78 is 41.5. The lowest BCUT2D eigenvalue weighted by Gasteiger charge is -2.32. The Morgan fingerprint density at radius 2 is 1.70 bits per heavy atom. The largest absolute Gasteiger partial charge is 0.573 e. The van der Waals surface area contributed by atoms with Crippen LogP contribution in [-0.2, 0) is 16.0 Å². The number of nitrogens with one attached hydrogen (secondary N) is 1. The normalized spacial score (nSPS) is 20.0. The Balaban J connectivity index is 1.19. The summed E-state index contributed by atoms with van der Waals surface area (Å²) in [6.45, 7) is 0.864. The van der Waals surface area contributed by atoms with Crippen molar-refractivity contribution in [3.63, 3.8) is 0 Å². The summed E-state index contributed by atoms with van der Waals surface area (Å²) >= 11 is 0. The molecule has 0 aromatic heterocycles. The maximum atomic E-state index is 13.3. The van der Waals surface area contributed by atoms with Gasteiger partial charge in [0.1, 0.15) is 11.8 Å². The minimum Gasteiger partial charge on any atom is -0.406 e. The van der Waals surface area contributed by atoms with Crippen LogP contribution in [0.5, 0.6) is 5.75 Å². The molecule has 0 radical (unpaired) electrons. The highest BCUT2D eigenvalue weighted by molar-refractivity contribution is 6.24. The number of carbonyl (C=O) groups is 5. The van der Waals surface area contributed by atoms with Crippen molar-refractivity contribution in [1.29, 1.82) is 0 Å². The first kappa shape index (κ1) is 27.4. The summed E-state index contributed by atoms with van der Waals surface area (Å²) in [6.07, 6.45) is -2.15. The minimum absolute atomic E-state index is 0.0463. The summed E-state index contributed by atoms with van der Waals surface area (Å²) in [6, 6.07) is 9.02. The quantitative estimate of drug-likeness (QED) is 0.545. The highest BCUT2D eigenvalue weighted by atomic mass is 19.4. The molecule has 5 rings (SSSR count). The van der Waals surface area contributed by atoms with E-state index in [2.05, 4.69) is 10.1 Å². The van der Waals surface area contributed by atoms with Crippen LogP contribution in [0.1, 0.15) is 68.7 Å². The van der Waals surface area contributed by atoms with E-state index in [9.17, 15) is 37.1 Å². The summed E-state index contributed by atoms with van der Waals surface area (Å²) in [5.41, 5.74) is 1.34. The third-order valence-electron chi connectivity index (χ3n) is 7.59. The fourth-order valence-electron chi connectivity index (χ4n) is 5.59. The topological polar surface area (TPSA) is 113 Å². The van der Waals surface area contributed by atoms with Crippen LogP contribution in [0.15, 0.2) is 42.5 Å². The zero-order valence-corrected chi connectivity index (χ0v) is 21.3. The Kier molecular flexibility index (Phi) is 7.35. The van der Waals surface area contributed by atoms with Gasteiger partial charge in [0, 0.05) is 25.1 Å². The summed E-state index contributed by atoms with van der Waals surface area (Å²) in [4.78, 5) is 65.6. The number of hydrogen-bond donors (Lipinski definition) is 1. The molecule has 210 valence electrons. The summed E-state index contributed by atoms with van der Waals surface area (Å²) in [7, 11) is 0. The maximum absolute atomic E-state index is 13.3. The van der Waals surface area contributed by atoms with Gasteiger partial charge in [0.05, 0.1) is 11.1 Å². The van der Waals surface area contributed by atoms with Crippen molar-refractivity contribution in [2.45, 2.75) is 50.9 Å². The molecule has 3 aliphatic rings. The van der Waals surface area contributed by atoms with E-state index >= 15 is 0 Å². The molecule has 5 amide bonds. The molecule has 2 aromatic carbocycles. The Morgan fingerprint density at radius 1 is 0.975 bits per heavy atom. The van der Waals surface area contributed by atoms with Gasteiger partial charge >= 0.3 is 6.36 Å². The van der Waals surface area contributed by atoms with E-state index in [1.807, 2.05) is 0 Å². The van der Waals surface area contributed by atoms with Crippen molar-refractivity contribution in [3.05, 3.63) is 64.7 Å². The van der Waals surface area contributed by atoms with Gasteiger partial charge in [-0.05, 0) is 67.9 Å². The molecule has 0 spiro atoms. The van der Waals surface area contributed by atoms with Gasteiger partial charge in [0.15, 0.2) is 0 Å². The SMILES string of the molecule is O=C1CCC(N2C(=O)c3cccc(CCC4CCN(C(=O)c5cccc(OC(F)(F)F)c5)CC4)c3C2=O)C(=O)N1. The van der Waals surface area contributed by atoms with Crippen LogP contribution < -0.4 is 10.1 Å². The summed E-state index contributed by atoms with van der Waals surface area (Å²) in [5, 5.41) is 2.19. The van der Waals surface area contributed by atoms with E-state index in [-0.39, 0.29) is 41.4 Å². The molecule has 0 saturated carbocycles. The second-order valence-electron chi connectivity index (χ2n) is 10.1. The molecule has 1 N–H and O–H groups in total. The fourth-order valence-corrected chi connectivity index (χ4v) is 5.59. The van der Waals surface area contributed by atoms with E-state index in [4.69, 9.17) is 0 Å². The zero-order valence-electron chi connectivity index (χ0n) is 21.3. The number of aryl methyl sites for hydroxylation is 1. The number of likely N-dealkylation sites (tertiary alicyclic amines) is 1. The van der Waals surface area contributed by atoms with Crippen LogP contribution in [0.3, 0.4) is 0 Å². The average Bonchev–Trinajstić information content (AvgIpc) is 3.16. The molecule has 3 aliphatic heterocycles. The standard InChI is InChI=1S/C28H26F3N3O6/c29-28(30,31)40-19-5-1-4-18(15-19)25(37)33-13-11-16(12-14-33)7-8-17-3-2-6-20-23(17)27(39)34(26(20)38)21-9-10-22(35)32-24(21)36/h1-6,15-16,21H,7-14H2,(H,32,35,36). The molecular formula is C28H26F3N3O6. The molecule has 0 bridgehead atoms. The number of imide groups is 2. The lowest BCUT2D eigenvalue weighted by molar-refractivity contribution is -0.274. The van der Waals surface area contributed by atoms with Crippen molar-refractivity contribution >= 4 is 29.5 Å². The second-order valence-corrected chi connectivity index (χ2v) is 10.1. The number of amides is 5. The Hall–Kier alpha value is -4.22. The second kappa shape index (κ2) is 10.7. The average molecular weight is 558 g/mol. The molecule has 2 aromatic rings. The predicted molar refractivity (Wildman–Crippen MR) is 133 cm³/mol. The number of ether oxygens (including phenoxy) is 1. The molecule has 12 heteroatoms. The first-order valence-electron chi connectivity index (χ1n) is 13.0. The van der Waals surface area contributed by atoms with Crippen molar-refractivity contribution in [2.75, 3.05) is 13.1 Å². The minimum atomic E-state index is -4.85. The van der Waals surface area contributed by atoms with E-state index in [0.29, 0.717) is 44.3 Å². The van der Waals surface area contributed by atoms with Gasteiger partial charge in [-0.1, -0.05) is 18.2 Å². The molecule has 2 saturated heterocycles. The summed E-state index contributed by atoms with van der Waals surface area (Å²) in [5.74, 6) is -2.77. The number of rotatable bonds is 6. The predicted octanol–water partition coefficient (Wildman–Crippen LogP) is 3.47. The number of halogens is 3. The van der Waals surface area contributed by atoms with Crippen molar-refractivity contribution in [2.24, 2.45) is 5.92 Å². The third kappa shape index (κ3) is 5.56. The Labute approximate surface area is 227 Å². The highest BCUT2D eigenvalue weighted by Crippen LogP contribution is 2.32. The van der Waals surface area contributed by atoms with Gasteiger partial charge in [-0.3, -0.25) is 34.2 Å². The van der Waals surface area contributed by atoms with Crippen molar-refractivity contribution in [1.82, 2.24) is 15.1 Å². The first-order valence-corrected chi connectivity index (χ1v) is 13.0. The lowest BCUT2D eigenvalue weighted by atomic mass is 9.88. The zero-order chi connectivity index (χ0) is 28.6. The van der Waals surface area contributed by atoms with Crippen LogP contribution in [-0.4, -0.2) is 64.8 Å². The molecule has 3 heterocycles. The number of fused-ring (bicyclic) bond motifs is 1. The molecule has 0 aliphatic carbocycles. The van der Waals surface area contributed by atoms with Gasteiger partial charge in [-0.2, -0.15) is 0 Å². The van der Waals surface area contributed by atoms with E-state index < -0.39 is 41.8 Å². The molecule has 1 atom stereocenters. The van der Waals surface area contributed by atoms with Crippen LogP contribution in [0.2, 0.25) is 0 Å². The van der Waals surface area contributed by atoms with E-state index in [1.165, 1.54) is 12.1 Å².